The molecule has 2 aromatic heterocycles. The highest BCUT2D eigenvalue weighted by Gasteiger charge is 2.29. The fourth-order valence-electron chi connectivity index (χ4n) is 3.19. The topological polar surface area (TPSA) is 54.6 Å². The van der Waals surface area contributed by atoms with Gasteiger partial charge in [0.15, 0.2) is 4.96 Å². The lowest BCUT2D eigenvalue weighted by Crippen LogP contribution is -2.18. The zero-order valence-electron chi connectivity index (χ0n) is 13.1. The van der Waals surface area contributed by atoms with Crippen molar-refractivity contribution in [2.45, 2.75) is 58.8 Å². The van der Waals surface area contributed by atoms with Crippen molar-refractivity contribution in [2.75, 3.05) is 0 Å². The highest BCUT2D eigenvalue weighted by Crippen LogP contribution is 2.36. The lowest BCUT2D eigenvalue weighted by Gasteiger charge is -2.20. The Morgan fingerprint density at radius 2 is 2.19 bits per heavy atom. The summed E-state index contributed by atoms with van der Waals surface area (Å²) in [7, 11) is 0. The molecule has 0 fully saturated rings. The zero-order valence-corrected chi connectivity index (χ0v) is 13.9. The molecular weight excluding hydrogens is 284 g/mol. The van der Waals surface area contributed by atoms with Crippen LogP contribution in [0.25, 0.3) is 4.96 Å². The van der Waals surface area contributed by atoms with E-state index >= 15 is 0 Å². The van der Waals surface area contributed by atoms with Crippen LogP contribution < -0.4 is 0 Å². The Hall–Kier alpha value is -1.36. The molecule has 1 aliphatic rings. The van der Waals surface area contributed by atoms with Crippen LogP contribution >= 0.6 is 11.3 Å². The molecule has 0 spiro atoms. The number of imidazole rings is 1. The van der Waals surface area contributed by atoms with Gasteiger partial charge < -0.3 is 5.11 Å². The molecule has 2 aromatic rings. The third-order valence-electron chi connectivity index (χ3n) is 4.19. The van der Waals surface area contributed by atoms with Gasteiger partial charge in [-0.15, -0.1) is 11.3 Å². The molecular formula is C16H22N2O2S. The minimum absolute atomic E-state index is 0.0481. The Kier molecular flexibility index (Phi) is 3.35. The van der Waals surface area contributed by atoms with Crippen molar-refractivity contribution in [1.82, 2.24) is 9.38 Å². The van der Waals surface area contributed by atoms with Crippen LogP contribution in [0.4, 0.5) is 0 Å². The molecule has 4 nitrogen and oxygen atoms in total. The predicted molar refractivity (Wildman–Crippen MR) is 84.3 cm³/mol. The van der Waals surface area contributed by atoms with E-state index in [4.69, 9.17) is 4.98 Å². The number of hydrogen-bond donors (Lipinski definition) is 1. The number of thiazole rings is 1. The van der Waals surface area contributed by atoms with E-state index in [1.807, 2.05) is 0 Å². The highest BCUT2D eigenvalue weighted by molar-refractivity contribution is 7.17. The zero-order chi connectivity index (χ0) is 15.4. The van der Waals surface area contributed by atoms with Crippen LogP contribution in [0.1, 0.15) is 56.1 Å². The van der Waals surface area contributed by atoms with Crippen LogP contribution in [0.2, 0.25) is 0 Å². The van der Waals surface area contributed by atoms with Gasteiger partial charge in [0, 0.05) is 16.0 Å². The Balaban J connectivity index is 2.23. The Morgan fingerprint density at radius 1 is 1.48 bits per heavy atom. The van der Waals surface area contributed by atoms with Crippen LogP contribution in [-0.2, 0) is 29.5 Å². The number of rotatable bonds is 2. The van der Waals surface area contributed by atoms with Crippen molar-refractivity contribution >= 4 is 22.3 Å². The fraction of sp³-hybridized carbons (Fsp3) is 0.625. The van der Waals surface area contributed by atoms with Crippen LogP contribution in [0, 0.1) is 5.92 Å². The van der Waals surface area contributed by atoms with Gasteiger partial charge in [0.2, 0.25) is 0 Å². The molecule has 0 saturated carbocycles. The van der Waals surface area contributed by atoms with Crippen molar-refractivity contribution in [3.63, 3.8) is 0 Å². The summed E-state index contributed by atoms with van der Waals surface area (Å²) in [4.78, 5) is 18.4. The van der Waals surface area contributed by atoms with Crippen molar-refractivity contribution in [3.05, 3.63) is 22.0 Å². The molecule has 0 saturated heterocycles. The third-order valence-corrected chi connectivity index (χ3v) is 5.29. The van der Waals surface area contributed by atoms with E-state index in [1.54, 1.807) is 11.3 Å². The van der Waals surface area contributed by atoms with Gasteiger partial charge in [-0.05, 0) is 25.2 Å². The smallest absolute Gasteiger partial charge is 0.309 e. The molecule has 1 atom stereocenters. The van der Waals surface area contributed by atoms with Gasteiger partial charge in [-0.3, -0.25) is 9.20 Å². The normalized spacial score (nSPS) is 19.0. The van der Waals surface area contributed by atoms with Gasteiger partial charge in [0.05, 0.1) is 17.8 Å². The maximum absolute atomic E-state index is 11.3. The number of hydrogen-bond acceptors (Lipinski definition) is 3. The quantitative estimate of drug-likeness (QED) is 0.924. The summed E-state index contributed by atoms with van der Waals surface area (Å²) in [5, 5.41) is 9.28. The summed E-state index contributed by atoms with van der Waals surface area (Å²) in [6.07, 6.45) is 3.35. The molecule has 0 bridgehead atoms. The molecule has 1 N–H and O–H groups in total. The molecule has 2 heterocycles. The van der Waals surface area contributed by atoms with Crippen LogP contribution in [0.15, 0.2) is 0 Å². The van der Waals surface area contributed by atoms with Crippen molar-refractivity contribution in [2.24, 2.45) is 5.92 Å². The van der Waals surface area contributed by atoms with E-state index in [1.165, 1.54) is 17.0 Å². The van der Waals surface area contributed by atoms with Crippen LogP contribution in [0.5, 0.6) is 0 Å². The minimum Gasteiger partial charge on any atom is -0.481 e. The first-order valence-corrected chi connectivity index (χ1v) is 8.33. The van der Waals surface area contributed by atoms with E-state index < -0.39 is 5.97 Å². The predicted octanol–water partition coefficient (Wildman–Crippen LogP) is 3.45. The first-order chi connectivity index (χ1) is 9.77. The second-order valence-corrected chi connectivity index (χ2v) is 8.23. The van der Waals surface area contributed by atoms with Crippen LogP contribution in [0.3, 0.4) is 0 Å². The second-order valence-electron chi connectivity index (χ2n) is 7.17. The summed E-state index contributed by atoms with van der Waals surface area (Å²) in [6.45, 7) is 8.57. The summed E-state index contributed by atoms with van der Waals surface area (Å²) in [5.41, 5.74) is 2.97. The number of carbonyl (C=O) groups is 1. The largest absolute Gasteiger partial charge is 0.481 e. The van der Waals surface area contributed by atoms with Gasteiger partial charge in [-0.25, -0.2) is 4.98 Å². The highest BCUT2D eigenvalue weighted by atomic mass is 32.1. The molecule has 1 aliphatic carbocycles. The fourth-order valence-corrected chi connectivity index (χ4v) is 4.54. The van der Waals surface area contributed by atoms with Crippen molar-refractivity contribution in [1.29, 1.82) is 0 Å². The number of carboxylic acids is 1. The molecule has 5 heteroatoms. The molecule has 114 valence electrons. The lowest BCUT2D eigenvalue weighted by atomic mass is 9.89. The van der Waals surface area contributed by atoms with Crippen molar-refractivity contribution in [3.8, 4) is 0 Å². The summed E-state index contributed by atoms with van der Waals surface area (Å²) in [5.74, 6) is -0.0720. The average molecular weight is 306 g/mol. The first-order valence-electron chi connectivity index (χ1n) is 7.51. The van der Waals surface area contributed by atoms with E-state index in [9.17, 15) is 9.90 Å². The van der Waals surface area contributed by atoms with Gasteiger partial charge in [-0.1, -0.05) is 27.7 Å². The molecule has 21 heavy (non-hydrogen) atoms. The Morgan fingerprint density at radius 3 is 2.81 bits per heavy atom. The minimum atomic E-state index is -0.786. The van der Waals surface area contributed by atoms with E-state index in [0.29, 0.717) is 5.92 Å². The van der Waals surface area contributed by atoms with Gasteiger partial charge >= 0.3 is 5.97 Å². The molecule has 0 aliphatic heterocycles. The second kappa shape index (κ2) is 4.83. The van der Waals surface area contributed by atoms with Crippen LogP contribution in [-0.4, -0.2) is 20.5 Å². The molecule has 1 unspecified atom stereocenters. The van der Waals surface area contributed by atoms with Crippen molar-refractivity contribution < 1.29 is 9.90 Å². The first kappa shape index (κ1) is 14.6. The van der Waals surface area contributed by atoms with Gasteiger partial charge in [0.25, 0.3) is 0 Å². The number of fused-ring (bicyclic) bond motifs is 3. The molecule has 0 amide bonds. The molecule has 3 rings (SSSR count). The summed E-state index contributed by atoms with van der Waals surface area (Å²) >= 11 is 1.74. The monoisotopic (exact) mass is 306 g/mol. The number of aryl methyl sites for hydroxylation is 1. The van der Waals surface area contributed by atoms with E-state index in [-0.39, 0.29) is 11.8 Å². The summed E-state index contributed by atoms with van der Waals surface area (Å²) in [6, 6.07) is 0. The Bertz CT molecular complexity index is 706. The third kappa shape index (κ3) is 2.48. The molecule has 0 radical (unpaired) electrons. The lowest BCUT2D eigenvalue weighted by molar-refractivity contribution is -0.136. The van der Waals surface area contributed by atoms with E-state index in [0.717, 1.165) is 29.2 Å². The SMILES string of the molecule is CC1CCc2c(sc3nc(C(C)(C)C)c(CC(=O)O)n23)C1. The van der Waals surface area contributed by atoms with E-state index in [2.05, 4.69) is 32.1 Å². The average Bonchev–Trinajstić information content (AvgIpc) is 2.84. The Labute approximate surface area is 128 Å². The number of nitrogens with zero attached hydrogens (tertiary/aromatic N) is 2. The van der Waals surface area contributed by atoms with Gasteiger partial charge in [-0.2, -0.15) is 0 Å². The number of carboxylic acid groups (broad SMARTS) is 1. The number of aliphatic carboxylic acids is 1. The molecule has 0 aromatic carbocycles. The number of aromatic nitrogens is 2. The van der Waals surface area contributed by atoms with Gasteiger partial charge in [0.1, 0.15) is 0 Å². The summed E-state index contributed by atoms with van der Waals surface area (Å²) < 4.78 is 2.14. The maximum atomic E-state index is 11.3. The maximum Gasteiger partial charge on any atom is 0.309 e. The standard InChI is InChI=1S/C16H22N2O2S/c1-9-5-6-10-12(7-9)21-15-17-14(16(2,3)4)11(18(10)15)8-13(19)20/h9H,5-8H2,1-4H3,(H,19,20).